The highest BCUT2D eigenvalue weighted by atomic mass is 35.5. The van der Waals surface area contributed by atoms with Crippen molar-refractivity contribution >= 4 is 76.5 Å². The third-order valence-electron chi connectivity index (χ3n) is 6.00. The fraction of sp³-hybridized carbons (Fsp3) is 0.308. The first kappa shape index (κ1) is 32.0. The Morgan fingerprint density at radius 2 is 1.02 bits per heavy atom. The van der Waals surface area contributed by atoms with E-state index >= 15 is 0 Å². The van der Waals surface area contributed by atoms with Gasteiger partial charge in [-0.2, -0.15) is 0 Å². The lowest BCUT2D eigenvalue weighted by molar-refractivity contribution is -0.124. The number of carbonyl (C=O) groups excluding carboxylic acids is 2. The maximum atomic E-state index is 12.4. The number of hydrogen-bond donors (Lipinski definition) is 1. The maximum absolute atomic E-state index is 12.4. The van der Waals surface area contributed by atoms with E-state index in [2.05, 4.69) is 0 Å². The maximum Gasteiger partial charge on any atom is 0.303 e. The average Bonchev–Trinajstić information content (AvgIpc) is 3.18. The van der Waals surface area contributed by atoms with Crippen LogP contribution < -0.4 is 0 Å². The monoisotopic (exact) mass is 648 g/mol. The van der Waals surface area contributed by atoms with Crippen molar-refractivity contribution in [1.29, 1.82) is 0 Å². The van der Waals surface area contributed by atoms with E-state index in [0.29, 0.717) is 28.5 Å². The second-order valence-corrected chi connectivity index (χ2v) is 13.7. The van der Waals surface area contributed by atoms with Gasteiger partial charge in [-0.25, -0.2) is 25.4 Å². The molecule has 0 radical (unpaired) electrons. The Kier molecular flexibility index (Phi) is 10.3. The summed E-state index contributed by atoms with van der Waals surface area (Å²) in [6.07, 6.45) is 2.68. The molecular weight excluding hydrogens is 623 g/mol. The number of carbonyl (C=O) groups is 2. The van der Waals surface area contributed by atoms with Crippen molar-refractivity contribution in [2.75, 3.05) is 13.1 Å². The normalized spacial score (nSPS) is 17.9. The first-order valence-corrected chi connectivity index (χ1v) is 16.3. The molecular formula is C26H27Cl3N2O7S2. The molecule has 40 heavy (non-hydrogen) atoms. The molecule has 0 bridgehead atoms. The number of nitrogens with zero attached hydrogens (tertiary/aromatic N) is 2. The number of hydrogen-bond acceptors (Lipinski definition) is 7. The van der Waals surface area contributed by atoms with Crippen molar-refractivity contribution in [1.82, 2.24) is 8.61 Å². The molecule has 216 valence electrons. The van der Waals surface area contributed by atoms with E-state index in [-0.39, 0.29) is 33.5 Å². The van der Waals surface area contributed by atoms with Gasteiger partial charge in [0.2, 0.25) is 5.76 Å². The van der Waals surface area contributed by atoms with Crippen LogP contribution in [-0.2, 0) is 29.6 Å². The Morgan fingerprint density at radius 3 is 1.45 bits per heavy atom. The molecule has 2 aliphatic heterocycles. The molecule has 0 aliphatic carbocycles. The molecule has 2 aromatic carbocycles. The molecule has 0 saturated carbocycles. The molecule has 2 aromatic rings. The van der Waals surface area contributed by atoms with Gasteiger partial charge in [-0.05, 0) is 48.2 Å². The molecule has 0 unspecified atom stereocenters. The predicted octanol–water partition coefficient (Wildman–Crippen LogP) is 5.76. The number of amides is 2. The smallest absolute Gasteiger partial charge is 0.303 e. The Balaban J connectivity index is 0.000000220. The number of aliphatic hydroxyl groups is 1. The highest BCUT2D eigenvalue weighted by Crippen LogP contribution is 2.38. The molecule has 1 N–H and O–H groups in total. The average molecular weight is 650 g/mol. The summed E-state index contributed by atoms with van der Waals surface area (Å²) in [5.41, 5.74) is 0.617. The summed E-state index contributed by atoms with van der Waals surface area (Å²) in [5, 5.41) is 10.5. The minimum Gasteiger partial charge on any atom is -0.502 e. The molecule has 2 amide bonds. The van der Waals surface area contributed by atoms with Crippen LogP contribution >= 0.6 is 34.8 Å². The number of sulfonamides is 2. The zero-order chi connectivity index (χ0) is 29.8. The molecule has 0 fully saturated rings. The van der Waals surface area contributed by atoms with E-state index < -0.39 is 37.6 Å². The molecule has 9 nitrogen and oxygen atoms in total. The number of unbranched alkanes of at least 4 members (excludes halogenated alkanes) is 2. The molecule has 0 saturated heterocycles. The van der Waals surface area contributed by atoms with Crippen LogP contribution in [0.4, 0.5) is 0 Å². The summed E-state index contributed by atoms with van der Waals surface area (Å²) in [5.74, 6) is -2.27. The number of benzene rings is 2. The summed E-state index contributed by atoms with van der Waals surface area (Å²) in [7, 11) is -7.87. The van der Waals surface area contributed by atoms with Crippen LogP contribution in [0.25, 0.3) is 9.81 Å². The minimum absolute atomic E-state index is 0.0683. The zero-order valence-electron chi connectivity index (χ0n) is 21.6. The molecule has 2 aliphatic rings. The largest absolute Gasteiger partial charge is 0.502 e. The van der Waals surface area contributed by atoms with E-state index in [1.807, 2.05) is 13.8 Å². The summed E-state index contributed by atoms with van der Waals surface area (Å²) in [6.45, 7) is 4.02. The van der Waals surface area contributed by atoms with Gasteiger partial charge in [0.25, 0.3) is 26.0 Å². The van der Waals surface area contributed by atoms with Crippen molar-refractivity contribution in [2.24, 2.45) is 0 Å². The Hall–Kier alpha value is -2.57. The van der Waals surface area contributed by atoms with E-state index in [4.69, 9.17) is 34.8 Å². The predicted molar refractivity (Wildman–Crippen MR) is 156 cm³/mol. The van der Waals surface area contributed by atoms with Crippen molar-refractivity contribution in [3.8, 4) is 0 Å². The summed E-state index contributed by atoms with van der Waals surface area (Å²) in [4.78, 5) is 23.4. The van der Waals surface area contributed by atoms with Crippen LogP contribution in [0.2, 0.25) is 10.0 Å². The molecule has 0 spiro atoms. The summed E-state index contributed by atoms with van der Waals surface area (Å²) >= 11 is 17.5. The number of rotatable bonds is 8. The van der Waals surface area contributed by atoms with Crippen molar-refractivity contribution in [2.45, 2.75) is 39.5 Å². The van der Waals surface area contributed by atoms with Gasteiger partial charge >= 0.3 is 5.91 Å². The first-order valence-electron chi connectivity index (χ1n) is 12.3. The van der Waals surface area contributed by atoms with Crippen molar-refractivity contribution < 1.29 is 31.5 Å². The second-order valence-electron chi connectivity index (χ2n) is 8.81. The number of halogens is 3. The van der Waals surface area contributed by atoms with Gasteiger partial charge in [0.15, 0.2) is 0 Å². The van der Waals surface area contributed by atoms with E-state index in [9.17, 15) is 31.5 Å². The van der Waals surface area contributed by atoms with E-state index in [0.717, 1.165) is 21.5 Å². The number of aliphatic hydroxyl groups excluding tert-OH is 1. The van der Waals surface area contributed by atoms with Crippen molar-refractivity contribution in [3.63, 3.8) is 0 Å². The second kappa shape index (κ2) is 12.9. The van der Waals surface area contributed by atoms with Gasteiger partial charge < -0.3 is 5.11 Å². The van der Waals surface area contributed by atoms with Crippen LogP contribution in [0.5, 0.6) is 0 Å². The molecule has 4 rings (SSSR count). The lowest BCUT2D eigenvalue weighted by Gasteiger charge is -2.15. The van der Waals surface area contributed by atoms with Gasteiger partial charge in [0, 0.05) is 23.1 Å². The summed E-state index contributed by atoms with van der Waals surface area (Å²) < 4.78 is 51.1. The van der Waals surface area contributed by atoms with Gasteiger partial charge in [-0.15, -0.1) is 0 Å². The molecule has 14 heteroatoms. The molecule has 0 atom stereocenters. The third-order valence-corrected chi connectivity index (χ3v) is 10.7. The van der Waals surface area contributed by atoms with Crippen LogP contribution in [-0.4, -0.2) is 55.5 Å². The highest BCUT2D eigenvalue weighted by molar-refractivity contribution is 8.00. The fourth-order valence-electron chi connectivity index (χ4n) is 3.91. The molecule has 2 heterocycles. The van der Waals surface area contributed by atoms with Gasteiger partial charge in [-0.1, -0.05) is 85.8 Å². The minimum atomic E-state index is -3.99. The van der Waals surface area contributed by atoms with Crippen molar-refractivity contribution in [3.05, 3.63) is 80.5 Å². The lowest BCUT2D eigenvalue weighted by atomic mass is 10.2. The third kappa shape index (κ3) is 6.33. The van der Waals surface area contributed by atoms with Crippen LogP contribution in [0, 0.1) is 0 Å². The topological polar surface area (TPSA) is 129 Å². The standard InChI is InChI=1S/C13H13Cl2NO3S.C13H14ClNO4S/c1-2-3-8-16-13(17)11(15)12(20(16,18)19)9-4-6-10(14)7-5-9;1-2-3-8-15-13(17)11(16)12(20(15,18)19)9-4-6-10(14)7-5-9/h4-7H,2-3,8H2,1H3;4-7,16H,2-3,8H2,1H3. The SMILES string of the molecule is CCCCN1C(=O)C(Cl)=C(c2ccc(Cl)cc2)S1(=O)=O.CCCCN1C(=O)C(O)=C(c2ccc(Cl)cc2)S1(=O)=O. The van der Waals surface area contributed by atoms with Crippen LogP contribution in [0.1, 0.15) is 50.7 Å². The Morgan fingerprint density at radius 1 is 0.650 bits per heavy atom. The van der Waals surface area contributed by atoms with Gasteiger partial charge in [0.05, 0.1) is 0 Å². The lowest BCUT2D eigenvalue weighted by Crippen LogP contribution is -2.32. The Labute approximate surface area is 248 Å². The van der Waals surface area contributed by atoms with Crippen LogP contribution in [0.3, 0.4) is 0 Å². The van der Waals surface area contributed by atoms with Gasteiger partial charge in [0.1, 0.15) is 14.8 Å². The van der Waals surface area contributed by atoms with Gasteiger partial charge in [-0.3, -0.25) is 9.59 Å². The molecule has 0 aromatic heterocycles. The zero-order valence-corrected chi connectivity index (χ0v) is 25.5. The van der Waals surface area contributed by atoms with E-state index in [1.54, 1.807) is 12.1 Å². The Bertz CT molecular complexity index is 1450. The highest BCUT2D eigenvalue weighted by Gasteiger charge is 2.44. The van der Waals surface area contributed by atoms with E-state index in [1.165, 1.54) is 36.4 Å². The summed E-state index contributed by atoms with van der Waals surface area (Å²) in [6, 6.07) is 12.1. The fourth-order valence-corrected chi connectivity index (χ4v) is 8.02. The first-order chi connectivity index (χ1) is 18.8. The van der Waals surface area contributed by atoms with Crippen LogP contribution in [0.15, 0.2) is 59.3 Å². The quantitative estimate of drug-likeness (QED) is 0.385.